The summed E-state index contributed by atoms with van der Waals surface area (Å²) in [5.41, 5.74) is 6.62. The summed E-state index contributed by atoms with van der Waals surface area (Å²) >= 11 is 1.28. The second-order valence-corrected chi connectivity index (χ2v) is 3.64. The van der Waals surface area contributed by atoms with Crippen LogP contribution in [0.3, 0.4) is 0 Å². The van der Waals surface area contributed by atoms with Crippen molar-refractivity contribution in [2.75, 3.05) is 0 Å². The molecule has 0 atom stereocenters. The van der Waals surface area contributed by atoms with E-state index in [4.69, 9.17) is 11.1 Å². The number of rotatable bonds is 0. The van der Waals surface area contributed by atoms with Crippen LogP contribution in [0, 0.1) is 5.41 Å². The van der Waals surface area contributed by atoms with Crippen LogP contribution in [0.2, 0.25) is 0 Å². The number of hydrogen-bond acceptors (Lipinski definition) is 3. The van der Waals surface area contributed by atoms with Crippen molar-refractivity contribution >= 4 is 29.1 Å². The van der Waals surface area contributed by atoms with Crippen LogP contribution in [-0.2, 0) is 0 Å². The van der Waals surface area contributed by atoms with Gasteiger partial charge in [0.15, 0.2) is 5.06 Å². The molecule has 1 aromatic rings. The Hall–Kier alpha value is -1.62. The first-order valence-corrected chi connectivity index (χ1v) is 4.42. The Morgan fingerprint density at radius 1 is 1.54 bits per heavy atom. The standard InChI is InChI=1S/C8H7N3OS/c9-8(10)11-5-1-2-6-4(5)3-7(12)13-6/h1-3,12H,(H3,9,10)/b11-5-. The molecule has 0 radical (unpaired) electrons. The summed E-state index contributed by atoms with van der Waals surface area (Å²) in [5, 5.41) is 16.5. The molecule has 0 saturated carbocycles. The first kappa shape index (κ1) is 8.00. The van der Waals surface area contributed by atoms with Gasteiger partial charge in [-0.05, 0) is 12.2 Å². The highest BCUT2D eigenvalue weighted by Crippen LogP contribution is 2.33. The Balaban J connectivity index is 2.49. The summed E-state index contributed by atoms with van der Waals surface area (Å²) in [6.45, 7) is 0. The van der Waals surface area contributed by atoms with Crippen LogP contribution in [0.1, 0.15) is 10.4 Å². The fraction of sp³-hybridized carbons (Fsp3) is 0. The molecule has 0 spiro atoms. The molecule has 0 unspecified atom stereocenters. The number of nitrogens with two attached hydrogens (primary N) is 1. The lowest BCUT2D eigenvalue weighted by atomic mass is 10.2. The van der Waals surface area contributed by atoms with Crippen LogP contribution in [-0.4, -0.2) is 16.8 Å². The minimum absolute atomic E-state index is 0.224. The van der Waals surface area contributed by atoms with Crippen LogP contribution >= 0.6 is 11.3 Å². The molecule has 0 aromatic carbocycles. The van der Waals surface area contributed by atoms with Crippen LogP contribution < -0.4 is 5.73 Å². The molecule has 1 aliphatic carbocycles. The number of hydrogen-bond donors (Lipinski definition) is 3. The molecular formula is C8H7N3OS. The number of fused-ring (bicyclic) bond motifs is 1. The quantitative estimate of drug-likeness (QED) is 0.427. The molecule has 5 heteroatoms. The van der Waals surface area contributed by atoms with Gasteiger partial charge in [-0.25, -0.2) is 4.99 Å². The van der Waals surface area contributed by atoms with E-state index in [1.807, 2.05) is 6.08 Å². The monoisotopic (exact) mass is 193 g/mol. The second-order valence-electron chi connectivity index (χ2n) is 2.58. The Morgan fingerprint density at radius 2 is 2.31 bits per heavy atom. The zero-order valence-electron chi connectivity index (χ0n) is 6.61. The number of guanidine groups is 1. The van der Waals surface area contributed by atoms with Crippen molar-refractivity contribution in [2.45, 2.75) is 0 Å². The first-order valence-electron chi connectivity index (χ1n) is 3.61. The fourth-order valence-electron chi connectivity index (χ4n) is 1.19. The zero-order valence-corrected chi connectivity index (χ0v) is 7.43. The highest BCUT2D eigenvalue weighted by molar-refractivity contribution is 7.15. The summed E-state index contributed by atoms with van der Waals surface area (Å²) in [5.74, 6) is -0.224. The lowest BCUT2D eigenvalue weighted by Gasteiger charge is -1.92. The lowest BCUT2D eigenvalue weighted by molar-refractivity contribution is 0.491. The average molecular weight is 193 g/mol. The lowest BCUT2D eigenvalue weighted by Crippen LogP contribution is -2.08. The molecule has 0 amide bonds. The second kappa shape index (κ2) is 2.70. The number of aliphatic imine (C=N–C) groups is 1. The van der Waals surface area contributed by atoms with Gasteiger partial charge in [0.25, 0.3) is 0 Å². The average Bonchev–Trinajstić information content (AvgIpc) is 2.51. The van der Waals surface area contributed by atoms with E-state index < -0.39 is 0 Å². The van der Waals surface area contributed by atoms with Gasteiger partial charge < -0.3 is 10.8 Å². The minimum Gasteiger partial charge on any atom is -0.499 e. The van der Waals surface area contributed by atoms with Crippen LogP contribution in [0.25, 0.3) is 6.08 Å². The molecule has 13 heavy (non-hydrogen) atoms. The Kier molecular flexibility index (Phi) is 1.66. The highest BCUT2D eigenvalue weighted by atomic mass is 32.1. The third-order valence-electron chi connectivity index (χ3n) is 1.66. The fourth-order valence-corrected chi connectivity index (χ4v) is 2.00. The predicted molar refractivity (Wildman–Crippen MR) is 53.5 cm³/mol. The van der Waals surface area contributed by atoms with E-state index in [9.17, 15) is 5.11 Å². The Labute approximate surface area is 78.6 Å². The van der Waals surface area contributed by atoms with Crippen molar-refractivity contribution in [3.05, 3.63) is 22.6 Å². The largest absolute Gasteiger partial charge is 0.499 e. The molecule has 0 bridgehead atoms. The van der Waals surface area contributed by atoms with E-state index in [1.54, 1.807) is 12.1 Å². The van der Waals surface area contributed by atoms with Gasteiger partial charge in [0.1, 0.15) is 0 Å². The molecule has 66 valence electrons. The van der Waals surface area contributed by atoms with E-state index in [-0.39, 0.29) is 11.0 Å². The maximum absolute atomic E-state index is 9.20. The minimum atomic E-state index is -0.224. The third kappa shape index (κ3) is 1.33. The number of nitrogens with one attached hydrogen (secondary N) is 1. The molecule has 1 heterocycles. The van der Waals surface area contributed by atoms with Gasteiger partial charge in [-0.2, -0.15) is 0 Å². The summed E-state index contributed by atoms with van der Waals surface area (Å²) in [6.07, 6.45) is 3.63. The van der Waals surface area contributed by atoms with E-state index in [0.717, 1.165) is 10.4 Å². The summed E-state index contributed by atoms with van der Waals surface area (Å²) in [6, 6.07) is 1.63. The molecular weight excluding hydrogens is 186 g/mol. The molecule has 0 fully saturated rings. The number of aromatic hydroxyl groups is 1. The van der Waals surface area contributed by atoms with Crippen molar-refractivity contribution in [2.24, 2.45) is 10.7 Å². The van der Waals surface area contributed by atoms with E-state index in [2.05, 4.69) is 4.99 Å². The normalized spacial score (nSPS) is 16.5. The topological polar surface area (TPSA) is 82.5 Å². The molecule has 0 aliphatic heterocycles. The van der Waals surface area contributed by atoms with Gasteiger partial charge >= 0.3 is 0 Å². The summed E-state index contributed by atoms with van der Waals surface area (Å²) in [7, 11) is 0. The summed E-state index contributed by atoms with van der Waals surface area (Å²) < 4.78 is 0. The van der Waals surface area contributed by atoms with E-state index in [1.165, 1.54) is 11.3 Å². The highest BCUT2D eigenvalue weighted by Gasteiger charge is 2.15. The molecule has 2 rings (SSSR count). The third-order valence-corrected chi connectivity index (χ3v) is 2.56. The molecule has 1 aliphatic rings. The van der Waals surface area contributed by atoms with Gasteiger partial charge in [-0.1, -0.05) is 11.3 Å². The SMILES string of the molecule is N=C(N)/N=C1/C=Cc2sc(O)cc21. The van der Waals surface area contributed by atoms with Crippen LogP contribution in [0.5, 0.6) is 5.06 Å². The molecule has 4 nitrogen and oxygen atoms in total. The van der Waals surface area contributed by atoms with Crippen molar-refractivity contribution in [1.29, 1.82) is 5.41 Å². The Bertz CT molecular complexity index is 431. The summed E-state index contributed by atoms with van der Waals surface area (Å²) in [4.78, 5) is 4.77. The number of thiophene rings is 1. The van der Waals surface area contributed by atoms with Gasteiger partial charge in [-0.15, -0.1) is 0 Å². The number of nitrogens with zero attached hydrogens (tertiary/aromatic N) is 1. The first-order chi connectivity index (χ1) is 6.16. The number of allylic oxidation sites excluding steroid dienone is 1. The molecule has 0 saturated heterocycles. The smallest absolute Gasteiger partial charge is 0.213 e. The van der Waals surface area contributed by atoms with Crippen LogP contribution in [0.15, 0.2) is 17.1 Å². The van der Waals surface area contributed by atoms with Gasteiger partial charge in [-0.3, -0.25) is 5.41 Å². The van der Waals surface area contributed by atoms with Gasteiger partial charge in [0.2, 0.25) is 5.96 Å². The van der Waals surface area contributed by atoms with Gasteiger partial charge in [0, 0.05) is 16.5 Å². The van der Waals surface area contributed by atoms with Crippen molar-refractivity contribution < 1.29 is 5.11 Å². The van der Waals surface area contributed by atoms with E-state index in [0.29, 0.717) is 5.71 Å². The van der Waals surface area contributed by atoms with Crippen molar-refractivity contribution in [1.82, 2.24) is 0 Å². The Morgan fingerprint density at radius 3 is 3.00 bits per heavy atom. The zero-order chi connectivity index (χ0) is 9.42. The van der Waals surface area contributed by atoms with Crippen LogP contribution in [0.4, 0.5) is 0 Å². The maximum atomic E-state index is 9.20. The van der Waals surface area contributed by atoms with Crippen molar-refractivity contribution in [3.63, 3.8) is 0 Å². The van der Waals surface area contributed by atoms with Crippen molar-refractivity contribution in [3.8, 4) is 5.06 Å². The molecule has 4 N–H and O–H groups in total. The maximum Gasteiger partial charge on any atom is 0.213 e. The van der Waals surface area contributed by atoms with Gasteiger partial charge in [0.05, 0.1) is 5.71 Å². The van der Waals surface area contributed by atoms with E-state index >= 15 is 0 Å². The predicted octanol–water partition coefficient (Wildman–Crippen LogP) is 1.16. The molecule has 1 aromatic heterocycles.